The first-order chi connectivity index (χ1) is 8.50. The third kappa shape index (κ3) is 2.56. The van der Waals surface area contributed by atoms with Crippen molar-refractivity contribution in [2.75, 3.05) is 24.6 Å². The van der Waals surface area contributed by atoms with Crippen molar-refractivity contribution < 1.29 is 9.53 Å². The molecule has 2 rings (SSSR count). The highest BCUT2D eigenvalue weighted by Gasteiger charge is 2.30. The molecule has 0 saturated heterocycles. The van der Waals surface area contributed by atoms with Gasteiger partial charge >= 0.3 is 0 Å². The maximum Gasteiger partial charge on any atom is 0.239 e. The van der Waals surface area contributed by atoms with Crippen molar-refractivity contribution in [2.45, 2.75) is 18.9 Å². The van der Waals surface area contributed by atoms with Crippen molar-refractivity contribution in [3.05, 3.63) is 24.3 Å². The van der Waals surface area contributed by atoms with Gasteiger partial charge in [0.15, 0.2) is 0 Å². The molecular formula is C13H19N3O2. The average molecular weight is 249 g/mol. The van der Waals surface area contributed by atoms with E-state index in [1.54, 1.807) is 6.92 Å². The van der Waals surface area contributed by atoms with Crippen LogP contribution in [0.15, 0.2) is 24.3 Å². The van der Waals surface area contributed by atoms with E-state index in [-0.39, 0.29) is 0 Å². The normalized spacial score (nSPS) is 18.2. The van der Waals surface area contributed by atoms with Gasteiger partial charge < -0.3 is 21.1 Å². The van der Waals surface area contributed by atoms with Crippen LogP contribution in [0, 0.1) is 0 Å². The molecule has 1 aromatic rings. The Morgan fingerprint density at radius 2 is 2.22 bits per heavy atom. The van der Waals surface area contributed by atoms with Crippen molar-refractivity contribution >= 4 is 11.6 Å². The number of rotatable bonds is 3. The lowest BCUT2D eigenvalue weighted by molar-refractivity contribution is -0.122. The first-order valence-electron chi connectivity index (χ1n) is 6.06. The minimum atomic E-state index is -1.04. The average Bonchev–Trinajstić information content (AvgIpc) is 2.52. The molecule has 1 amide bonds. The molecule has 0 spiro atoms. The third-order valence-electron chi connectivity index (χ3n) is 3.12. The van der Waals surface area contributed by atoms with Gasteiger partial charge in [-0.05, 0) is 25.5 Å². The van der Waals surface area contributed by atoms with Crippen molar-refractivity contribution in [3.63, 3.8) is 0 Å². The van der Waals surface area contributed by atoms with E-state index in [1.807, 2.05) is 24.3 Å². The summed E-state index contributed by atoms with van der Waals surface area (Å²) in [4.78, 5) is 13.4. The van der Waals surface area contributed by atoms with Crippen LogP contribution < -0.4 is 21.1 Å². The number of fused-ring (bicyclic) bond motifs is 1. The van der Waals surface area contributed by atoms with Crippen molar-refractivity contribution in [2.24, 2.45) is 11.5 Å². The lowest BCUT2D eigenvalue weighted by Gasteiger charge is -2.31. The molecular weight excluding hydrogens is 230 g/mol. The van der Waals surface area contributed by atoms with Crippen LogP contribution >= 0.6 is 0 Å². The fourth-order valence-corrected chi connectivity index (χ4v) is 2.04. The summed E-state index contributed by atoms with van der Waals surface area (Å²) in [5.74, 6) is 0.334. The number of anilines is 1. The molecule has 1 atom stereocenters. The van der Waals surface area contributed by atoms with Crippen LogP contribution in [-0.2, 0) is 4.79 Å². The molecule has 0 radical (unpaired) electrons. The van der Waals surface area contributed by atoms with Gasteiger partial charge in [0.25, 0.3) is 0 Å². The molecule has 1 aromatic carbocycles. The Morgan fingerprint density at radius 3 is 2.94 bits per heavy atom. The molecule has 5 nitrogen and oxygen atoms in total. The minimum absolute atomic E-state index is 0.392. The number of para-hydroxylation sites is 2. The predicted octanol–water partition coefficient (Wildman–Crippen LogP) is 0.478. The summed E-state index contributed by atoms with van der Waals surface area (Å²) in [6.45, 7) is 3.52. The van der Waals surface area contributed by atoms with Gasteiger partial charge in [0.05, 0.1) is 12.3 Å². The zero-order chi connectivity index (χ0) is 13.2. The van der Waals surface area contributed by atoms with Gasteiger partial charge in [-0.1, -0.05) is 12.1 Å². The second-order valence-electron chi connectivity index (χ2n) is 4.87. The van der Waals surface area contributed by atoms with E-state index in [2.05, 4.69) is 4.90 Å². The fraction of sp³-hybridized carbons (Fsp3) is 0.462. The Balaban J connectivity index is 2.26. The highest BCUT2D eigenvalue weighted by atomic mass is 16.5. The summed E-state index contributed by atoms with van der Waals surface area (Å²) in [6.07, 6.45) is 0.892. The van der Waals surface area contributed by atoms with Crippen molar-refractivity contribution in [3.8, 4) is 5.75 Å². The summed E-state index contributed by atoms with van der Waals surface area (Å²) in [5, 5.41) is 0. The van der Waals surface area contributed by atoms with Crippen LogP contribution in [0.1, 0.15) is 13.3 Å². The predicted molar refractivity (Wildman–Crippen MR) is 70.6 cm³/mol. The molecule has 0 fully saturated rings. The Labute approximate surface area is 107 Å². The highest BCUT2D eigenvalue weighted by Crippen LogP contribution is 2.31. The smallest absolute Gasteiger partial charge is 0.239 e. The first-order valence-corrected chi connectivity index (χ1v) is 6.06. The first kappa shape index (κ1) is 12.7. The van der Waals surface area contributed by atoms with Gasteiger partial charge in [0, 0.05) is 13.1 Å². The maximum absolute atomic E-state index is 11.3. The highest BCUT2D eigenvalue weighted by molar-refractivity contribution is 5.84. The van der Waals surface area contributed by atoms with Crippen molar-refractivity contribution in [1.29, 1.82) is 0 Å². The van der Waals surface area contributed by atoms with Crippen LogP contribution in [0.25, 0.3) is 0 Å². The van der Waals surface area contributed by atoms with Gasteiger partial charge in [-0.3, -0.25) is 4.79 Å². The van der Waals surface area contributed by atoms with Crippen LogP contribution in [0.4, 0.5) is 5.69 Å². The van der Waals surface area contributed by atoms with E-state index < -0.39 is 11.4 Å². The van der Waals surface area contributed by atoms with E-state index in [0.29, 0.717) is 13.2 Å². The Morgan fingerprint density at radius 1 is 1.50 bits per heavy atom. The third-order valence-corrected chi connectivity index (χ3v) is 3.12. The van der Waals surface area contributed by atoms with Gasteiger partial charge in [-0.25, -0.2) is 0 Å². The van der Waals surface area contributed by atoms with Crippen LogP contribution in [0.5, 0.6) is 5.75 Å². The summed E-state index contributed by atoms with van der Waals surface area (Å²) in [6, 6.07) is 7.76. The summed E-state index contributed by atoms with van der Waals surface area (Å²) < 4.78 is 5.65. The zero-order valence-electron chi connectivity index (χ0n) is 10.6. The topological polar surface area (TPSA) is 81.6 Å². The Kier molecular flexibility index (Phi) is 3.43. The molecule has 0 bridgehead atoms. The van der Waals surface area contributed by atoms with Crippen LogP contribution in [0.2, 0.25) is 0 Å². The largest absolute Gasteiger partial charge is 0.491 e. The molecule has 0 aliphatic carbocycles. The second kappa shape index (κ2) is 4.86. The quantitative estimate of drug-likeness (QED) is 0.816. The number of benzene rings is 1. The van der Waals surface area contributed by atoms with E-state index in [0.717, 1.165) is 24.4 Å². The van der Waals surface area contributed by atoms with Gasteiger partial charge in [-0.2, -0.15) is 0 Å². The van der Waals surface area contributed by atoms with Crippen LogP contribution in [0.3, 0.4) is 0 Å². The SMILES string of the molecule is CC(N)(CN1CCCOc2ccccc21)C(N)=O. The second-order valence-corrected chi connectivity index (χ2v) is 4.87. The number of amides is 1. The molecule has 4 N–H and O–H groups in total. The van der Waals surface area contributed by atoms with Gasteiger partial charge in [-0.15, -0.1) is 0 Å². The maximum atomic E-state index is 11.3. The molecule has 1 aliphatic heterocycles. The fourth-order valence-electron chi connectivity index (χ4n) is 2.04. The molecule has 18 heavy (non-hydrogen) atoms. The zero-order valence-corrected chi connectivity index (χ0v) is 10.6. The monoisotopic (exact) mass is 249 g/mol. The summed E-state index contributed by atoms with van der Waals surface area (Å²) in [5.41, 5.74) is 11.2. The number of nitrogens with zero attached hydrogens (tertiary/aromatic N) is 1. The van der Waals surface area contributed by atoms with Gasteiger partial charge in [0.2, 0.25) is 5.91 Å². The summed E-state index contributed by atoms with van der Waals surface area (Å²) in [7, 11) is 0. The molecule has 1 heterocycles. The number of primary amides is 1. The van der Waals surface area contributed by atoms with E-state index in [1.165, 1.54) is 0 Å². The molecule has 0 aromatic heterocycles. The molecule has 5 heteroatoms. The molecule has 1 unspecified atom stereocenters. The van der Waals surface area contributed by atoms with Gasteiger partial charge in [0.1, 0.15) is 11.3 Å². The van der Waals surface area contributed by atoms with E-state index in [9.17, 15) is 4.79 Å². The molecule has 1 aliphatic rings. The molecule has 0 saturated carbocycles. The Bertz CT molecular complexity index is 446. The summed E-state index contributed by atoms with van der Waals surface area (Å²) >= 11 is 0. The van der Waals surface area contributed by atoms with Crippen molar-refractivity contribution in [1.82, 2.24) is 0 Å². The lowest BCUT2D eigenvalue weighted by atomic mass is 10.0. The van der Waals surface area contributed by atoms with Crippen LogP contribution in [-0.4, -0.2) is 31.1 Å². The lowest BCUT2D eigenvalue weighted by Crippen LogP contribution is -2.57. The number of nitrogens with two attached hydrogens (primary N) is 2. The standard InChI is InChI=1S/C13H19N3O2/c1-13(15,12(14)17)9-16-7-4-8-18-11-6-3-2-5-10(11)16/h2-3,5-6H,4,7-9,15H2,1H3,(H2,14,17). The van der Waals surface area contributed by atoms with E-state index >= 15 is 0 Å². The number of carbonyl (C=O) groups is 1. The minimum Gasteiger partial charge on any atom is -0.491 e. The number of ether oxygens (including phenoxy) is 1. The number of hydrogen-bond donors (Lipinski definition) is 2. The Hall–Kier alpha value is -1.75. The van der Waals surface area contributed by atoms with E-state index in [4.69, 9.17) is 16.2 Å². The molecule has 98 valence electrons. The number of hydrogen-bond acceptors (Lipinski definition) is 4. The number of carbonyl (C=O) groups excluding carboxylic acids is 1.